The third-order valence-corrected chi connectivity index (χ3v) is 3.08. The van der Waals surface area contributed by atoms with Crippen molar-refractivity contribution < 1.29 is 28.7 Å². The molecule has 1 N–H and O–H groups in total. The molecule has 1 fully saturated rings. The summed E-state index contributed by atoms with van der Waals surface area (Å²) in [6.07, 6.45) is -1.69. The van der Waals surface area contributed by atoms with Gasteiger partial charge in [-0.15, -0.1) is 4.48 Å². The Morgan fingerprint density at radius 1 is 1.28 bits per heavy atom. The van der Waals surface area contributed by atoms with Crippen molar-refractivity contribution in [2.24, 2.45) is 0 Å². The van der Waals surface area contributed by atoms with E-state index in [-0.39, 0.29) is 12.6 Å². The molecule has 0 unspecified atom stereocenters. The van der Waals surface area contributed by atoms with Crippen molar-refractivity contribution in [2.45, 2.75) is 51.9 Å². The molecule has 0 saturated carbocycles. The van der Waals surface area contributed by atoms with Gasteiger partial charge in [-0.1, -0.05) is 0 Å². The van der Waals surface area contributed by atoms with Gasteiger partial charge in [0.15, 0.2) is 0 Å². The summed E-state index contributed by atoms with van der Waals surface area (Å²) < 4.78 is 9.40. The van der Waals surface area contributed by atoms with Gasteiger partial charge in [0.1, 0.15) is 24.3 Å². The summed E-state index contributed by atoms with van der Waals surface area (Å²) in [6, 6.07) is -0.359. The van der Waals surface area contributed by atoms with Crippen molar-refractivity contribution in [3.8, 4) is 0 Å². The number of quaternary nitrogens is 1. The summed E-state index contributed by atoms with van der Waals surface area (Å²) in [6.45, 7) is 6.93. The Morgan fingerprint density at radius 3 is 2.17 bits per heavy atom. The highest BCUT2D eigenvalue weighted by atomic mass is 16.6. The molecule has 1 saturated heterocycles. The molecule has 6 nitrogen and oxygen atoms in total. The highest BCUT2D eigenvalue weighted by Crippen LogP contribution is 2.31. The molecule has 0 aromatic heterocycles. The van der Waals surface area contributed by atoms with Crippen LogP contribution in [0, 0.1) is 0 Å². The first-order chi connectivity index (χ1) is 8.13. The molecule has 2 amide bonds. The number of ether oxygens (including phenoxy) is 2. The van der Waals surface area contributed by atoms with Gasteiger partial charge in [0.2, 0.25) is 0 Å². The third-order valence-electron chi connectivity index (χ3n) is 3.08. The maximum absolute atomic E-state index is 12.3. The molecule has 3 atom stereocenters. The number of carbonyl (C=O) groups is 2. The molecule has 1 aliphatic heterocycles. The summed E-state index contributed by atoms with van der Waals surface area (Å²) in [5.41, 5.74) is -0.691. The summed E-state index contributed by atoms with van der Waals surface area (Å²) in [5.74, 6) is 0. The largest absolute Gasteiger partial charge is 0.527 e. The zero-order chi connectivity index (χ0) is 14.1. The SMILES string of the molecule is COC(=O)[N@+]1(C(=O)OC(C)(C)C)C[C@H](O)C[C@H]1C. The van der Waals surface area contributed by atoms with Crippen molar-refractivity contribution in [1.82, 2.24) is 0 Å². The van der Waals surface area contributed by atoms with Gasteiger partial charge in [-0.2, -0.15) is 9.59 Å². The number of aliphatic hydroxyl groups excluding tert-OH is 1. The van der Waals surface area contributed by atoms with Crippen molar-refractivity contribution in [2.75, 3.05) is 13.7 Å². The minimum absolute atomic E-state index is 0.00273. The normalized spacial score (nSPS) is 32.1. The van der Waals surface area contributed by atoms with Gasteiger partial charge < -0.3 is 14.6 Å². The topological polar surface area (TPSA) is 72.8 Å². The van der Waals surface area contributed by atoms with Crippen LogP contribution >= 0.6 is 0 Å². The average Bonchev–Trinajstić information content (AvgIpc) is 2.51. The van der Waals surface area contributed by atoms with Gasteiger partial charge in [0, 0.05) is 6.42 Å². The lowest BCUT2D eigenvalue weighted by Crippen LogP contribution is -2.60. The van der Waals surface area contributed by atoms with Crippen LogP contribution in [0.5, 0.6) is 0 Å². The number of aliphatic hydroxyl groups is 1. The Morgan fingerprint density at radius 2 is 1.83 bits per heavy atom. The van der Waals surface area contributed by atoms with Gasteiger partial charge in [-0.05, 0) is 27.7 Å². The fourth-order valence-corrected chi connectivity index (χ4v) is 2.25. The molecular formula is C12H22NO5+. The number of hydrogen-bond donors (Lipinski definition) is 1. The van der Waals surface area contributed by atoms with Crippen LogP contribution in [0.15, 0.2) is 0 Å². The van der Waals surface area contributed by atoms with Crippen LogP contribution in [0.25, 0.3) is 0 Å². The molecule has 0 spiro atoms. The number of hydrogen-bond acceptors (Lipinski definition) is 5. The van der Waals surface area contributed by atoms with Gasteiger partial charge in [-0.3, -0.25) is 0 Å². The summed E-state index contributed by atoms with van der Waals surface area (Å²) in [5, 5.41) is 9.70. The van der Waals surface area contributed by atoms with Crippen LogP contribution < -0.4 is 0 Å². The highest BCUT2D eigenvalue weighted by Gasteiger charge is 2.59. The van der Waals surface area contributed by atoms with E-state index in [1.807, 2.05) is 0 Å². The van der Waals surface area contributed by atoms with E-state index in [1.165, 1.54) is 7.11 Å². The highest BCUT2D eigenvalue weighted by molar-refractivity contribution is 5.77. The quantitative estimate of drug-likeness (QED) is 0.670. The lowest BCUT2D eigenvalue weighted by atomic mass is 10.2. The number of imide groups is 1. The second-order valence-corrected chi connectivity index (χ2v) is 5.74. The van der Waals surface area contributed by atoms with E-state index >= 15 is 0 Å². The minimum Gasteiger partial charge on any atom is -0.423 e. The second-order valence-electron chi connectivity index (χ2n) is 5.74. The maximum atomic E-state index is 12.3. The Hall–Kier alpha value is -1.14. The fraction of sp³-hybridized carbons (Fsp3) is 0.833. The van der Waals surface area contributed by atoms with Crippen LogP contribution in [-0.2, 0) is 9.47 Å². The van der Waals surface area contributed by atoms with E-state index in [1.54, 1.807) is 27.7 Å². The van der Waals surface area contributed by atoms with Crippen LogP contribution in [0.1, 0.15) is 34.1 Å². The first kappa shape index (κ1) is 14.9. The monoisotopic (exact) mass is 260 g/mol. The number of methoxy groups -OCH3 is 1. The fourth-order valence-electron chi connectivity index (χ4n) is 2.25. The zero-order valence-electron chi connectivity index (χ0n) is 11.6. The van der Waals surface area contributed by atoms with E-state index < -0.39 is 28.4 Å². The van der Waals surface area contributed by atoms with E-state index in [0.717, 1.165) is 0 Å². The van der Waals surface area contributed by atoms with Crippen molar-refractivity contribution in [1.29, 1.82) is 0 Å². The van der Waals surface area contributed by atoms with Crippen LogP contribution in [0.2, 0.25) is 0 Å². The average molecular weight is 260 g/mol. The molecule has 0 radical (unpaired) electrons. The van der Waals surface area contributed by atoms with Gasteiger partial charge in [0.25, 0.3) is 0 Å². The van der Waals surface area contributed by atoms with Crippen molar-refractivity contribution in [3.63, 3.8) is 0 Å². The number of carbonyl (C=O) groups excluding carboxylic acids is 2. The predicted molar refractivity (Wildman–Crippen MR) is 63.9 cm³/mol. The van der Waals surface area contributed by atoms with E-state index in [0.29, 0.717) is 6.42 Å². The Labute approximate surface area is 107 Å². The predicted octanol–water partition coefficient (Wildman–Crippen LogP) is 1.66. The molecule has 1 aliphatic rings. The number of nitrogens with zero attached hydrogens (tertiary/aromatic N) is 1. The van der Waals surface area contributed by atoms with Crippen molar-refractivity contribution >= 4 is 12.2 Å². The molecular weight excluding hydrogens is 238 g/mol. The van der Waals surface area contributed by atoms with E-state index in [4.69, 9.17) is 9.47 Å². The summed E-state index contributed by atoms with van der Waals surface area (Å²) in [4.78, 5) is 24.2. The lowest BCUT2D eigenvalue weighted by Gasteiger charge is -2.32. The molecule has 0 bridgehead atoms. The summed E-state index contributed by atoms with van der Waals surface area (Å²) >= 11 is 0. The molecule has 0 aliphatic carbocycles. The summed E-state index contributed by atoms with van der Waals surface area (Å²) in [7, 11) is 1.23. The van der Waals surface area contributed by atoms with E-state index in [9.17, 15) is 14.7 Å². The van der Waals surface area contributed by atoms with Crippen LogP contribution in [0.3, 0.4) is 0 Å². The first-order valence-electron chi connectivity index (χ1n) is 6.01. The molecule has 0 aromatic rings. The molecule has 0 aromatic carbocycles. The smallest absolute Gasteiger partial charge is 0.423 e. The Bertz CT molecular complexity index is 349. The van der Waals surface area contributed by atoms with Gasteiger partial charge in [-0.25, -0.2) is 0 Å². The number of rotatable bonds is 0. The molecule has 1 heterocycles. The molecule has 6 heteroatoms. The van der Waals surface area contributed by atoms with Crippen LogP contribution in [-0.4, -0.2) is 53.2 Å². The zero-order valence-corrected chi connectivity index (χ0v) is 11.6. The van der Waals surface area contributed by atoms with Crippen LogP contribution in [0.4, 0.5) is 9.59 Å². The maximum Gasteiger partial charge on any atom is 0.527 e. The van der Waals surface area contributed by atoms with E-state index in [2.05, 4.69) is 0 Å². The number of amides is 2. The Balaban J connectivity index is 3.07. The molecule has 18 heavy (non-hydrogen) atoms. The second kappa shape index (κ2) is 4.85. The molecule has 104 valence electrons. The lowest BCUT2D eigenvalue weighted by molar-refractivity contribution is -0.798. The number of likely N-dealkylation sites (tertiary alicyclic amines) is 1. The van der Waals surface area contributed by atoms with Gasteiger partial charge >= 0.3 is 12.2 Å². The van der Waals surface area contributed by atoms with Gasteiger partial charge in [0.05, 0.1) is 7.11 Å². The minimum atomic E-state index is -0.702. The third kappa shape index (κ3) is 2.64. The first-order valence-corrected chi connectivity index (χ1v) is 6.01. The van der Waals surface area contributed by atoms with Crippen molar-refractivity contribution in [3.05, 3.63) is 0 Å². The molecule has 1 rings (SSSR count). The standard InChI is InChI=1S/C12H22NO5/c1-8-6-9(14)7-13(8,10(15)17-5)11(16)18-12(2,3)4/h8-9,14H,6-7H2,1-5H3/q+1/t8-,9-,13+/m1/s1. The Kier molecular flexibility index (Phi) is 4.02.